The van der Waals surface area contributed by atoms with Crippen LogP contribution in [0, 0.1) is 0 Å². The number of rotatable bonds is 5. The number of carbonyl (C=O) groups is 1. The monoisotopic (exact) mass is 349 g/mol. The average molecular weight is 350 g/mol. The SMILES string of the molecule is CCOC(=O)c1cc(OCc2cccc(Br)c2)ccc1N. The van der Waals surface area contributed by atoms with E-state index in [1.54, 1.807) is 25.1 Å². The Morgan fingerprint density at radius 3 is 2.76 bits per heavy atom. The van der Waals surface area contributed by atoms with Crippen LogP contribution in [0.3, 0.4) is 0 Å². The van der Waals surface area contributed by atoms with E-state index < -0.39 is 5.97 Å². The summed E-state index contributed by atoms with van der Waals surface area (Å²) in [7, 11) is 0. The number of anilines is 1. The largest absolute Gasteiger partial charge is 0.489 e. The lowest BCUT2D eigenvalue weighted by Gasteiger charge is -2.10. The Morgan fingerprint density at radius 2 is 2.05 bits per heavy atom. The zero-order valence-corrected chi connectivity index (χ0v) is 13.2. The van der Waals surface area contributed by atoms with Crippen molar-refractivity contribution in [2.45, 2.75) is 13.5 Å². The van der Waals surface area contributed by atoms with E-state index in [1.807, 2.05) is 24.3 Å². The Bertz CT molecular complexity index is 643. The number of nitrogens with two attached hydrogens (primary N) is 1. The van der Waals surface area contributed by atoms with Crippen LogP contribution in [0.15, 0.2) is 46.9 Å². The smallest absolute Gasteiger partial charge is 0.340 e. The van der Waals surface area contributed by atoms with E-state index in [0.717, 1.165) is 10.0 Å². The van der Waals surface area contributed by atoms with Crippen LogP contribution in [0.4, 0.5) is 5.69 Å². The summed E-state index contributed by atoms with van der Waals surface area (Å²) in [6.45, 7) is 2.47. The molecule has 0 aliphatic carbocycles. The molecule has 5 heteroatoms. The molecule has 0 fully saturated rings. The van der Waals surface area contributed by atoms with Crippen molar-refractivity contribution in [3.05, 3.63) is 58.1 Å². The molecule has 0 atom stereocenters. The van der Waals surface area contributed by atoms with E-state index in [4.69, 9.17) is 15.2 Å². The van der Waals surface area contributed by atoms with Crippen molar-refractivity contribution in [3.8, 4) is 5.75 Å². The van der Waals surface area contributed by atoms with Crippen LogP contribution in [0.1, 0.15) is 22.8 Å². The van der Waals surface area contributed by atoms with Gasteiger partial charge in [-0.05, 0) is 42.8 Å². The summed E-state index contributed by atoms with van der Waals surface area (Å²) < 4.78 is 11.6. The van der Waals surface area contributed by atoms with Crippen molar-refractivity contribution < 1.29 is 14.3 Å². The molecule has 110 valence electrons. The molecule has 0 radical (unpaired) electrons. The van der Waals surface area contributed by atoms with Crippen LogP contribution in [0.5, 0.6) is 5.75 Å². The van der Waals surface area contributed by atoms with Crippen LogP contribution in [0.25, 0.3) is 0 Å². The van der Waals surface area contributed by atoms with E-state index in [0.29, 0.717) is 30.2 Å². The Morgan fingerprint density at radius 1 is 1.24 bits per heavy atom. The molecule has 0 aromatic heterocycles. The highest BCUT2D eigenvalue weighted by molar-refractivity contribution is 9.10. The second-order valence-electron chi connectivity index (χ2n) is 4.39. The summed E-state index contributed by atoms with van der Waals surface area (Å²) in [5, 5.41) is 0. The molecule has 0 aliphatic rings. The highest BCUT2D eigenvalue weighted by Gasteiger charge is 2.12. The molecule has 0 bridgehead atoms. The quantitative estimate of drug-likeness (QED) is 0.658. The van der Waals surface area contributed by atoms with Crippen molar-refractivity contribution in [1.82, 2.24) is 0 Å². The minimum atomic E-state index is -0.442. The summed E-state index contributed by atoms with van der Waals surface area (Å²) in [6, 6.07) is 12.8. The third-order valence-corrected chi connectivity index (χ3v) is 3.31. The predicted molar refractivity (Wildman–Crippen MR) is 85.3 cm³/mol. The maximum atomic E-state index is 11.8. The van der Waals surface area contributed by atoms with Gasteiger partial charge in [-0.1, -0.05) is 28.1 Å². The van der Waals surface area contributed by atoms with E-state index in [-0.39, 0.29) is 0 Å². The molecule has 0 spiro atoms. The minimum Gasteiger partial charge on any atom is -0.489 e. The lowest BCUT2D eigenvalue weighted by atomic mass is 10.1. The van der Waals surface area contributed by atoms with Crippen LogP contribution in [-0.2, 0) is 11.3 Å². The fourth-order valence-corrected chi connectivity index (χ4v) is 2.25. The molecule has 0 saturated heterocycles. The molecule has 2 aromatic rings. The van der Waals surface area contributed by atoms with Gasteiger partial charge in [0.05, 0.1) is 12.2 Å². The lowest BCUT2D eigenvalue weighted by molar-refractivity contribution is 0.0527. The Hall–Kier alpha value is -2.01. The zero-order valence-electron chi connectivity index (χ0n) is 11.6. The molecular weight excluding hydrogens is 334 g/mol. The van der Waals surface area contributed by atoms with Gasteiger partial charge in [-0.25, -0.2) is 4.79 Å². The second kappa shape index (κ2) is 7.13. The van der Waals surface area contributed by atoms with Gasteiger partial charge in [0.1, 0.15) is 12.4 Å². The minimum absolute atomic E-state index is 0.307. The van der Waals surface area contributed by atoms with Crippen molar-refractivity contribution in [2.75, 3.05) is 12.3 Å². The number of esters is 1. The Kier molecular flexibility index (Phi) is 5.22. The zero-order chi connectivity index (χ0) is 15.2. The van der Waals surface area contributed by atoms with Gasteiger partial charge in [-0.3, -0.25) is 0 Å². The standard InChI is InChI=1S/C16H16BrNO3/c1-2-20-16(19)14-9-13(6-7-15(14)18)21-10-11-4-3-5-12(17)8-11/h3-9H,2,10,18H2,1H3. The van der Waals surface area contributed by atoms with Gasteiger partial charge in [0, 0.05) is 10.2 Å². The molecule has 21 heavy (non-hydrogen) atoms. The van der Waals surface area contributed by atoms with E-state index in [9.17, 15) is 4.79 Å². The maximum absolute atomic E-state index is 11.8. The van der Waals surface area contributed by atoms with Gasteiger partial charge in [-0.15, -0.1) is 0 Å². The van der Waals surface area contributed by atoms with Gasteiger partial charge in [0.15, 0.2) is 0 Å². The number of halogens is 1. The number of benzene rings is 2. The summed E-state index contributed by atoms with van der Waals surface area (Å²) in [5.41, 5.74) is 7.51. The number of ether oxygens (including phenoxy) is 2. The van der Waals surface area contributed by atoms with Gasteiger partial charge in [0.2, 0.25) is 0 Å². The fourth-order valence-electron chi connectivity index (χ4n) is 1.80. The molecule has 4 nitrogen and oxygen atoms in total. The number of hydrogen-bond donors (Lipinski definition) is 1. The predicted octanol–water partition coefficient (Wildman–Crippen LogP) is 3.79. The first-order valence-corrected chi connectivity index (χ1v) is 7.33. The van der Waals surface area contributed by atoms with Crippen LogP contribution >= 0.6 is 15.9 Å². The normalized spacial score (nSPS) is 10.2. The highest BCUT2D eigenvalue weighted by atomic mass is 79.9. The summed E-state index contributed by atoms with van der Waals surface area (Å²) in [6.07, 6.45) is 0. The lowest BCUT2D eigenvalue weighted by Crippen LogP contribution is -2.08. The average Bonchev–Trinajstić information content (AvgIpc) is 2.46. The number of hydrogen-bond acceptors (Lipinski definition) is 4. The van der Waals surface area contributed by atoms with Crippen molar-refractivity contribution >= 4 is 27.6 Å². The first kappa shape index (κ1) is 15.4. The van der Waals surface area contributed by atoms with Crippen LogP contribution in [-0.4, -0.2) is 12.6 Å². The Labute approximate surface area is 132 Å². The van der Waals surface area contributed by atoms with E-state index in [2.05, 4.69) is 15.9 Å². The van der Waals surface area contributed by atoms with Gasteiger partial charge in [-0.2, -0.15) is 0 Å². The molecule has 0 unspecified atom stereocenters. The van der Waals surface area contributed by atoms with Gasteiger partial charge >= 0.3 is 5.97 Å². The van der Waals surface area contributed by atoms with Crippen molar-refractivity contribution in [2.24, 2.45) is 0 Å². The molecule has 2 N–H and O–H groups in total. The molecule has 0 heterocycles. The molecule has 0 saturated carbocycles. The fraction of sp³-hybridized carbons (Fsp3) is 0.188. The summed E-state index contributed by atoms with van der Waals surface area (Å²) >= 11 is 3.41. The molecule has 0 amide bonds. The number of carbonyl (C=O) groups excluding carboxylic acids is 1. The first-order valence-electron chi connectivity index (χ1n) is 6.54. The van der Waals surface area contributed by atoms with Gasteiger partial charge in [0.25, 0.3) is 0 Å². The van der Waals surface area contributed by atoms with Crippen LogP contribution in [0.2, 0.25) is 0 Å². The van der Waals surface area contributed by atoms with E-state index in [1.165, 1.54) is 0 Å². The number of nitrogen functional groups attached to an aromatic ring is 1. The Balaban J connectivity index is 2.10. The second-order valence-corrected chi connectivity index (χ2v) is 5.30. The summed E-state index contributed by atoms with van der Waals surface area (Å²) in [5.74, 6) is 0.134. The third kappa shape index (κ3) is 4.23. The summed E-state index contributed by atoms with van der Waals surface area (Å²) in [4.78, 5) is 11.8. The molecular formula is C16H16BrNO3. The van der Waals surface area contributed by atoms with E-state index >= 15 is 0 Å². The van der Waals surface area contributed by atoms with Gasteiger partial charge < -0.3 is 15.2 Å². The third-order valence-electron chi connectivity index (χ3n) is 2.81. The topological polar surface area (TPSA) is 61.5 Å². The first-order chi connectivity index (χ1) is 10.1. The van der Waals surface area contributed by atoms with Crippen LogP contribution < -0.4 is 10.5 Å². The highest BCUT2D eigenvalue weighted by Crippen LogP contribution is 2.22. The van der Waals surface area contributed by atoms with Crippen molar-refractivity contribution in [3.63, 3.8) is 0 Å². The maximum Gasteiger partial charge on any atom is 0.340 e. The van der Waals surface area contributed by atoms with Crippen molar-refractivity contribution in [1.29, 1.82) is 0 Å². The molecule has 2 aromatic carbocycles. The molecule has 0 aliphatic heterocycles. The molecule has 2 rings (SSSR count).